The molecule has 0 radical (unpaired) electrons. The third kappa shape index (κ3) is 4.47. The summed E-state index contributed by atoms with van der Waals surface area (Å²) in [5, 5.41) is 8.30. The van der Waals surface area contributed by atoms with E-state index in [-0.39, 0.29) is 0 Å². The Labute approximate surface area is 322 Å². The first kappa shape index (κ1) is 30.9. The number of fused-ring (bicyclic) bond motifs is 11. The SMILES string of the molecule is c1ccc(-n2c3ccccc3c3ccc4c5ccccc5n(-c5ccc(-c6cccc(-c7c8ccccc8nc8c7ccc7cccnc78)c6)cc5)c4c32)cc1. The van der Waals surface area contributed by atoms with E-state index in [1.165, 1.54) is 49.2 Å². The molecular formula is C52H32N4. The molecule has 56 heavy (non-hydrogen) atoms. The van der Waals surface area contributed by atoms with E-state index in [0.717, 1.165) is 60.8 Å². The van der Waals surface area contributed by atoms with E-state index in [1.54, 1.807) is 0 Å². The molecule has 0 spiro atoms. The molecule has 0 saturated carbocycles. The molecule has 260 valence electrons. The summed E-state index contributed by atoms with van der Waals surface area (Å²) in [6.45, 7) is 0. The first-order valence-corrected chi connectivity index (χ1v) is 19.1. The summed E-state index contributed by atoms with van der Waals surface area (Å²) in [5.74, 6) is 0. The van der Waals surface area contributed by atoms with Crippen molar-refractivity contribution in [1.82, 2.24) is 19.1 Å². The van der Waals surface area contributed by atoms with Crippen molar-refractivity contribution in [2.75, 3.05) is 0 Å². The zero-order valence-corrected chi connectivity index (χ0v) is 30.3. The van der Waals surface area contributed by atoms with Crippen LogP contribution in [0.15, 0.2) is 194 Å². The van der Waals surface area contributed by atoms with Crippen LogP contribution in [0.4, 0.5) is 0 Å². The van der Waals surface area contributed by atoms with Crippen molar-refractivity contribution in [1.29, 1.82) is 0 Å². The van der Waals surface area contributed by atoms with Crippen LogP contribution in [0.3, 0.4) is 0 Å². The van der Waals surface area contributed by atoms with Crippen molar-refractivity contribution < 1.29 is 0 Å². The second-order valence-electron chi connectivity index (χ2n) is 14.6. The molecule has 8 aromatic carbocycles. The highest BCUT2D eigenvalue weighted by Crippen LogP contribution is 2.42. The van der Waals surface area contributed by atoms with Crippen LogP contribution in [0.5, 0.6) is 0 Å². The summed E-state index contributed by atoms with van der Waals surface area (Å²) >= 11 is 0. The average Bonchev–Trinajstić information content (AvgIpc) is 3.79. The highest BCUT2D eigenvalue weighted by atomic mass is 15.0. The van der Waals surface area contributed by atoms with Crippen LogP contribution >= 0.6 is 0 Å². The zero-order valence-electron chi connectivity index (χ0n) is 30.3. The molecule has 0 bridgehead atoms. The lowest BCUT2D eigenvalue weighted by Gasteiger charge is -2.14. The van der Waals surface area contributed by atoms with Gasteiger partial charge in [-0.15, -0.1) is 0 Å². The Morgan fingerprint density at radius 3 is 1.70 bits per heavy atom. The number of hydrogen-bond acceptors (Lipinski definition) is 2. The third-order valence-electron chi connectivity index (χ3n) is 11.5. The zero-order chi connectivity index (χ0) is 36.7. The Kier molecular flexibility index (Phi) is 6.60. The van der Waals surface area contributed by atoms with Crippen molar-refractivity contribution in [3.63, 3.8) is 0 Å². The van der Waals surface area contributed by atoms with E-state index in [4.69, 9.17) is 9.97 Å². The molecule has 0 aliphatic heterocycles. The van der Waals surface area contributed by atoms with Crippen molar-refractivity contribution in [2.45, 2.75) is 0 Å². The summed E-state index contributed by atoms with van der Waals surface area (Å²) in [4.78, 5) is 9.90. The molecule has 0 unspecified atom stereocenters. The quantitative estimate of drug-likeness (QED) is 0.135. The van der Waals surface area contributed by atoms with Gasteiger partial charge >= 0.3 is 0 Å². The summed E-state index contributed by atoms with van der Waals surface area (Å²) < 4.78 is 4.90. The van der Waals surface area contributed by atoms with Crippen molar-refractivity contribution >= 4 is 76.3 Å². The van der Waals surface area contributed by atoms with Crippen LogP contribution < -0.4 is 0 Å². The lowest BCUT2D eigenvalue weighted by atomic mass is 9.93. The van der Waals surface area contributed by atoms with Crippen LogP contribution in [0.25, 0.3) is 110 Å². The molecule has 0 aliphatic carbocycles. The number of pyridine rings is 2. The van der Waals surface area contributed by atoms with E-state index < -0.39 is 0 Å². The molecule has 0 fully saturated rings. The van der Waals surface area contributed by atoms with Gasteiger partial charge in [0.15, 0.2) is 0 Å². The minimum absolute atomic E-state index is 0.926. The van der Waals surface area contributed by atoms with Gasteiger partial charge in [0.1, 0.15) is 0 Å². The monoisotopic (exact) mass is 712 g/mol. The Hall–Kier alpha value is -7.56. The van der Waals surface area contributed by atoms with Gasteiger partial charge in [0, 0.05) is 60.8 Å². The maximum atomic E-state index is 5.14. The van der Waals surface area contributed by atoms with Gasteiger partial charge in [0.05, 0.1) is 38.6 Å². The molecule has 0 atom stereocenters. The maximum Gasteiger partial charge on any atom is 0.0978 e. The van der Waals surface area contributed by atoms with E-state index in [2.05, 4.69) is 191 Å². The van der Waals surface area contributed by atoms with Crippen molar-refractivity contribution in [3.05, 3.63) is 194 Å². The molecule has 12 rings (SSSR count). The Bertz CT molecular complexity index is 3520. The van der Waals surface area contributed by atoms with Gasteiger partial charge in [-0.3, -0.25) is 4.98 Å². The van der Waals surface area contributed by atoms with Crippen LogP contribution in [0, 0.1) is 0 Å². The molecule has 0 N–H and O–H groups in total. The highest BCUT2D eigenvalue weighted by molar-refractivity contribution is 6.24. The average molecular weight is 713 g/mol. The van der Waals surface area contributed by atoms with Gasteiger partial charge < -0.3 is 9.13 Å². The lowest BCUT2D eigenvalue weighted by Crippen LogP contribution is -1.98. The highest BCUT2D eigenvalue weighted by Gasteiger charge is 2.21. The van der Waals surface area contributed by atoms with Gasteiger partial charge in [-0.1, -0.05) is 133 Å². The normalized spacial score (nSPS) is 11.9. The molecule has 0 aliphatic rings. The van der Waals surface area contributed by atoms with Crippen LogP contribution in [-0.2, 0) is 0 Å². The first-order valence-electron chi connectivity index (χ1n) is 19.1. The van der Waals surface area contributed by atoms with Crippen LogP contribution in [0.2, 0.25) is 0 Å². The van der Waals surface area contributed by atoms with Crippen LogP contribution in [-0.4, -0.2) is 19.1 Å². The minimum Gasteiger partial charge on any atom is -0.307 e. The lowest BCUT2D eigenvalue weighted by molar-refractivity contribution is 1.15. The second-order valence-corrected chi connectivity index (χ2v) is 14.6. The van der Waals surface area contributed by atoms with Gasteiger partial charge in [0.2, 0.25) is 0 Å². The van der Waals surface area contributed by atoms with Gasteiger partial charge in [0.25, 0.3) is 0 Å². The van der Waals surface area contributed by atoms with E-state index in [9.17, 15) is 0 Å². The van der Waals surface area contributed by atoms with Gasteiger partial charge in [-0.2, -0.15) is 0 Å². The maximum absolute atomic E-state index is 5.14. The Balaban J connectivity index is 1.05. The van der Waals surface area contributed by atoms with Crippen LogP contribution in [0.1, 0.15) is 0 Å². The number of aromatic nitrogens is 4. The van der Waals surface area contributed by atoms with Crippen molar-refractivity contribution in [2.24, 2.45) is 0 Å². The first-order chi connectivity index (χ1) is 27.8. The number of benzene rings is 8. The van der Waals surface area contributed by atoms with Gasteiger partial charge in [-0.05, 0) is 71.3 Å². The fourth-order valence-electron chi connectivity index (χ4n) is 9.08. The number of para-hydroxylation sites is 4. The fraction of sp³-hybridized carbons (Fsp3) is 0. The Morgan fingerprint density at radius 2 is 0.964 bits per heavy atom. The molecule has 12 aromatic rings. The van der Waals surface area contributed by atoms with Crippen molar-refractivity contribution in [3.8, 4) is 33.6 Å². The third-order valence-corrected chi connectivity index (χ3v) is 11.5. The predicted octanol–water partition coefficient (Wildman–Crippen LogP) is 13.5. The summed E-state index contributed by atoms with van der Waals surface area (Å²) in [5.41, 5.74) is 14.6. The van der Waals surface area contributed by atoms with E-state index >= 15 is 0 Å². The molecule has 4 heterocycles. The largest absolute Gasteiger partial charge is 0.307 e. The molecular weight excluding hydrogens is 681 g/mol. The Morgan fingerprint density at radius 1 is 0.357 bits per heavy atom. The molecule has 0 amide bonds. The summed E-state index contributed by atoms with van der Waals surface area (Å²) in [6.07, 6.45) is 1.85. The number of rotatable bonds is 4. The standard InChI is InChI=1S/C52H32N4/c1-2-15-37(16-3-1)55-46-21-8-5-17-39(46)41-29-30-42-40-18-6-9-22-47(40)56(52(42)51(41)55)38-26-23-33(24-27-38)35-12-10-13-36(32-35)48-43-19-4-7-20-45(43)54-50-44(48)28-25-34-14-11-31-53-49(34)50/h1-32H. The molecule has 0 saturated heterocycles. The predicted molar refractivity (Wildman–Crippen MR) is 234 cm³/mol. The molecule has 4 nitrogen and oxygen atoms in total. The summed E-state index contributed by atoms with van der Waals surface area (Å²) in [7, 11) is 0. The minimum atomic E-state index is 0.926. The smallest absolute Gasteiger partial charge is 0.0978 e. The second kappa shape index (κ2) is 12.0. The number of hydrogen-bond donors (Lipinski definition) is 0. The molecule has 4 aromatic heterocycles. The topological polar surface area (TPSA) is 35.6 Å². The van der Waals surface area contributed by atoms with Gasteiger partial charge in [-0.25, -0.2) is 4.98 Å². The van der Waals surface area contributed by atoms with E-state index in [1.807, 2.05) is 12.3 Å². The van der Waals surface area contributed by atoms with E-state index in [0.29, 0.717) is 0 Å². The summed E-state index contributed by atoms with van der Waals surface area (Å²) in [6, 6.07) is 67.8. The molecule has 4 heteroatoms. The fourth-order valence-corrected chi connectivity index (χ4v) is 9.08. The number of nitrogens with zero attached hydrogens (tertiary/aromatic N) is 4.